The van der Waals surface area contributed by atoms with Gasteiger partial charge in [-0.1, -0.05) is 0 Å². The normalized spacial score (nSPS) is 17.4. The fourth-order valence-electron chi connectivity index (χ4n) is 2.81. The van der Waals surface area contributed by atoms with Crippen LogP contribution in [-0.2, 0) is 0 Å². The zero-order valence-corrected chi connectivity index (χ0v) is 16.7. The summed E-state index contributed by atoms with van der Waals surface area (Å²) >= 11 is 0. The highest BCUT2D eigenvalue weighted by Gasteiger charge is 2.16. The molecule has 0 bridgehead atoms. The van der Waals surface area contributed by atoms with Crippen molar-refractivity contribution < 1.29 is 5.11 Å². The van der Waals surface area contributed by atoms with Gasteiger partial charge in [0.2, 0.25) is 0 Å². The number of aliphatic imine (C=N–C) groups is 2. The SMILES string of the molecule is CCN(CCO)C(C=N)=CC(N)=NC1=CC=C2NC=C(C(C=NC)=CN)C=C2N1. The molecule has 0 aliphatic carbocycles. The number of hydrogen-bond donors (Lipinski definition) is 6. The molecule has 29 heavy (non-hydrogen) atoms. The van der Waals surface area contributed by atoms with E-state index >= 15 is 0 Å². The van der Waals surface area contributed by atoms with Crippen molar-refractivity contribution in [2.45, 2.75) is 6.92 Å². The van der Waals surface area contributed by atoms with E-state index < -0.39 is 0 Å². The van der Waals surface area contributed by atoms with Gasteiger partial charge in [-0.3, -0.25) is 4.99 Å². The molecule has 2 aliphatic heterocycles. The van der Waals surface area contributed by atoms with Crippen molar-refractivity contribution in [2.24, 2.45) is 21.5 Å². The van der Waals surface area contributed by atoms with E-state index in [-0.39, 0.29) is 12.4 Å². The number of aliphatic hydroxyl groups excluding tert-OH is 1. The average Bonchev–Trinajstić information content (AvgIpc) is 2.73. The monoisotopic (exact) mass is 396 g/mol. The number of aliphatic hydroxyl groups is 1. The van der Waals surface area contributed by atoms with E-state index in [1.807, 2.05) is 36.3 Å². The average molecular weight is 396 g/mol. The second kappa shape index (κ2) is 10.7. The van der Waals surface area contributed by atoms with E-state index in [9.17, 15) is 0 Å². The first-order valence-corrected chi connectivity index (χ1v) is 9.20. The molecule has 0 fully saturated rings. The second-order valence-corrected chi connectivity index (χ2v) is 6.12. The molecule has 0 aromatic rings. The summed E-state index contributed by atoms with van der Waals surface area (Å²) < 4.78 is 0. The van der Waals surface area contributed by atoms with Gasteiger partial charge in [0.05, 0.1) is 23.7 Å². The van der Waals surface area contributed by atoms with Gasteiger partial charge in [-0.05, 0) is 25.2 Å². The summed E-state index contributed by atoms with van der Waals surface area (Å²) in [6, 6.07) is 0. The molecule has 0 amide bonds. The Morgan fingerprint density at radius 2 is 2.14 bits per heavy atom. The zero-order valence-electron chi connectivity index (χ0n) is 16.7. The first-order valence-electron chi connectivity index (χ1n) is 9.20. The number of nitrogens with one attached hydrogen (secondary N) is 3. The van der Waals surface area contributed by atoms with Crippen LogP contribution in [0.15, 0.2) is 80.7 Å². The van der Waals surface area contributed by atoms with Crippen LogP contribution in [0.4, 0.5) is 0 Å². The quantitative estimate of drug-likeness (QED) is 0.246. The number of allylic oxidation sites excluding steroid dienone is 6. The van der Waals surface area contributed by atoms with Gasteiger partial charge in [-0.25, -0.2) is 4.99 Å². The first kappa shape index (κ1) is 21.7. The highest BCUT2D eigenvalue weighted by atomic mass is 16.3. The number of dihydropyridines is 2. The third-order valence-corrected chi connectivity index (χ3v) is 4.23. The fraction of sp³-hybridized carbons (Fsp3) is 0.250. The maximum atomic E-state index is 9.16. The van der Waals surface area contributed by atoms with E-state index in [0.29, 0.717) is 24.6 Å². The summed E-state index contributed by atoms with van der Waals surface area (Å²) in [5, 5.41) is 23.2. The molecule has 0 unspecified atom stereocenters. The minimum atomic E-state index is -0.00464. The Morgan fingerprint density at radius 3 is 2.76 bits per heavy atom. The van der Waals surface area contributed by atoms with Crippen LogP contribution in [-0.4, -0.2) is 55.0 Å². The molecule has 0 saturated heterocycles. The Kier molecular flexibility index (Phi) is 7.99. The Labute approximate surface area is 170 Å². The molecule has 9 nitrogen and oxygen atoms in total. The number of rotatable bonds is 9. The third-order valence-electron chi connectivity index (χ3n) is 4.23. The van der Waals surface area contributed by atoms with Gasteiger partial charge in [0.15, 0.2) is 0 Å². The highest BCUT2D eigenvalue weighted by molar-refractivity contribution is 5.97. The van der Waals surface area contributed by atoms with E-state index in [1.54, 1.807) is 19.3 Å². The number of nitrogens with zero attached hydrogens (tertiary/aromatic N) is 3. The Balaban J connectivity index is 2.22. The summed E-state index contributed by atoms with van der Waals surface area (Å²) in [7, 11) is 1.69. The summed E-state index contributed by atoms with van der Waals surface area (Å²) in [5.41, 5.74) is 15.7. The van der Waals surface area contributed by atoms with Crippen molar-refractivity contribution in [3.63, 3.8) is 0 Å². The van der Waals surface area contributed by atoms with Crippen molar-refractivity contribution in [3.8, 4) is 0 Å². The van der Waals surface area contributed by atoms with Gasteiger partial charge in [0.25, 0.3) is 0 Å². The maximum absolute atomic E-state index is 9.16. The molecule has 8 N–H and O–H groups in total. The van der Waals surface area contributed by atoms with Crippen LogP contribution in [0.1, 0.15) is 6.92 Å². The van der Waals surface area contributed by atoms with Crippen LogP contribution in [0.25, 0.3) is 0 Å². The molecule has 0 atom stereocenters. The molecule has 0 aromatic heterocycles. The lowest BCUT2D eigenvalue weighted by Crippen LogP contribution is -2.29. The Hall–Kier alpha value is -3.59. The Bertz CT molecular complexity index is 871. The smallest absolute Gasteiger partial charge is 0.132 e. The number of likely N-dealkylation sites (N-methyl/N-ethyl adjacent to an activating group) is 1. The standard InChI is InChI=1S/C20H28N8O/c1-3-28(6-7-29)16(11-22)9-19(23)27-20-5-4-17-18(26-20)8-14(13-25-17)15(10-21)12-24-2/h4-5,8-13,22,25-26,29H,3,6-7,21H2,1-2H3,(H2,23,27). The molecular weight excluding hydrogens is 368 g/mol. The van der Waals surface area contributed by atoms with Crippen molar-refractivity contribution >= 4 is 18.3 Å². The van der Waals surface area contributed by atoms with Crippen molar-refractivity contribution in [1.29, 1.82) is 5.41 Å². The number of nitrogens with two attached hydrogens (primary N) is 2. The van der Waals surface area contributed by atoms with Crippen molar-refractivity contribution in [1.82, 2.24) is 15.5 Å². The number of hydrogen-bond acceptors (Lipinski definition) is 8. The summed E-state index contributed by atoms with van der Waals surface area (Å²) in [5.74, 6) is 0.810. The van der Waals surface area contributed by atoms with Gasteiger partial charge in [0, 0.05) is 62.2 Å². The molecule has 2 aliphatic rings. The summed E-state index contributed by atoms with van der Waals surface area (Å²) in [6.07, 6.45) is 13.5. The van der Waals surface area contributed by atoms with E-state index in [4.69, 9.17) is 22.0 Å². The van der Waals surface area contributed by atoms with Crippen LogP contribution in [0.2, 0.25) is 0 Å². The fourth-order valence-corrected chi connectivity index (χ4v) is 2.81. The highest BCUT2D eigenvalue weighted by Crippen LogP contribution is 2.22. The molecule has 2 heterocycles. The molecule has 0 radical (unpaired) electrons. The minimum absolute atomic E-state index is 0.00464. The summed E-state index contributed by atoms with van der Waals surface area (Å²) in [6.45, 7) is 3.01. The van der Waals surface area contributed by atoms with Crippen LogP contribution in [0.3, 0.4) is 0 Å². The molecule has 0 aromatic carbocycles. The molecule has 2 rings (SSSR count). The van der Waals surface area contributed by atoms with E-state index in [0.717, 1.165) is 22.5 Å². The number of fused-ring (bicyclic) bond motifs is 1. The van der Waals surface area contributed by atoms with Crippen molar-refractivity contribution in [2.75, 3.05) is 26.7 Å². The first-order chi connectivity index (χ1) is 14.1. The lowest BCUT2D eigenvalue weighted by atomic mass is 10.0. The summed E-state index contributed by atoms with van der Waals surface area (Å²) in [4.78, 5) is 10.2. The van der Waals surface area contributed by atoms with Gasteiger partial charge in [-0.15, -0.1) is 0 Å². The van der Waals surface area contributed by atoms with Gasteiger partial charge in [-0.2, -0.15) is 0 Å². The van der Waals surface area contributed by atoms with Crippen LogP contribution < -0.4 is 22.1 Å². The number of amidine groups is 1. The van der Waals surface area contributed by atoms with Crippen LogP contribution in [0.5, 0.6) is 0 Å². The zero-order chi connectivity index (χ0) is 21.2. The Morgan fingerprint density at radius 1 is 1.34 bits per heavy atom. The molecule has 9 heteroatoms. The van der Waals surface area contributed by atoms with Crippen LogP contribution >= 0.6 is 0 Å². The molecule has 0 spiro atoms. The predicted molar refractivity (Wildman–Crippen MR) is 118 cm³/mol. The molecular formula is C20H28N8O. The lowest BCUT2D eigenvalue weighted by molar-refractivity contribution is 0.237. The second-order valence-electron chi connectivity index (χ2n) is 6.12. The van der Waals surface area contributed by atoms with Crippen LogP contribution in [0, 0.1) is 5.41 Å². The van der Waals surface area contributed by atoms with Gasteiger partial charge in [0.1, 0.15) is 11.7 Å². The predicted octanol–water partition coefficient (Wildman–Crippen LogP) is 0.434. The van der Waals surface area contributed by atoms with Gasteiger partial charge >= 0.3 is 0 Å². The van der Waals surface area contributed by atoms with Crippen molar-refractivity contribution in [3.05, 3.63) is 70.8 Å². The largest absolute Gasteiger partial charge is 0.404 e. The van der Waals surface area contributed by atoms with E-state index in [2.05, 4.69) is 20.6 Å². The lowest BCUT2D eigenvalue weighted by Gasteiger charge is -2.24. The van der Waals surface area contributed by atoms with Gasteiger partial charge < -0.3 is 37.5 Å². The third kappa shape index (κ3) is 5.69. The topological polar surface area (TPSA) is 148 Å². The maximum Gasteiger partial charge on any atom is 0.132 e. The van der Waals surface area contributed by atoms with E-state index in [1.165, 1.54) is 12.4 Å². The molecule has 154 valence electrons. The molecule has 0 saturated carbocycles. The minimum Gasteiger partial charge on any atom is -0.404 e.